The number of nitrogens with zero attached hydrogens (tertiary/aromatic N) is 3. The van der Waals surface area contributed by atoms with Crippen molar-refractivity contribution in [1.29, 1.82) is 0 Å². The molecule has 2 aliphatic rings. The maximum Gasteiger partial charge on any atom is 0.289 e. The Bertz CT molecular complexity index is 1190. The highest BCUT2D eigenvalue weighted by Crippen LogP contribution is 2.34. The third-order valence-electron chi connectivity index (χ3n) is 6.21. The number of halogens is 2. The number of unbranched alkanes of at least 4 members (excludes halogenated alkanes) is 1. The molecule has 5 rings (SSSR count). The van der Waals surface area contributed by atoms with Crippen LogP contribution in [0.25, 0.3) is 16.6 Å². The van der Waals surface area contributed by atoms with Gasteiger partial charge < -0.3 is 9.47 Å². The number of rotatable bonds is 6. The van der Waals surface area contributed by atoms with Crippen molar-refractivity contribution in [3.63, 3.8) is 0 Å². The SMILES string of the molecule is O=C1CN(CCCCN2CCc3c(c4cc(F)ccc4n3-c3ccc(F)cc3)C2)C(=O)S1. The number of carbonyl (C=O) groups is 2. The Morgan fingerprint density at radius 2 is 1.66 bits per heavy atom. The van der Waals surface area contributed by atoms with E-state index < -0.39 is 0 Å². The zero-order valence-electron chi connectivity index (χ0n) is 17.5. The lowest BCUT2D eigenvalue weighted by Crippen LogP contribution is -2.32. The van der Waals surface area contributed by atoms with Crippen LogP contribution in [0.2, 0.25) is 0 Å². The van der Waals surface area contributed by atoms with Crippen molar-refractivity contribution in [3.05, 3.63) is 65.4 Å². The van der Waals surface area contributed by atoms with E-state index >= 15 is 0 Å². The molecule has 0 saturated carbocycles. The molecule has 32 heavy (non-hydrogen) atoms. The first kappa shape index (κ1) is 21.2. The van der Waals surface area contributed by atoms with Crippen LogP contribution in [0, 0.1) is 11.6 Å². The fourth-order valence-electron chi connectivity index (χ4n) is 4.69. The molecule has 0 atom stereocenters. The largest absolute Gasteiger partial charge is 0.325 e. The number of hydrogen-bond donors (Lipinski definition) is 0. The predicted octanol–water partition coefficient (Wildman–Crippen LogP) is 4.74. The molecule has 0 spiro atoms. The number of hydrogen-bond acceptors (Lipinski definition) is 4. The summed E-state index contributed by atoms with van der Waals surface area (Å²) in [6.45, 7) is 3.29. The molecule has 8 heteroatoms. The number of aromatic nitrogens is 1. The predicted molar refractivity (Wildman–Crippen MR) is 121 cm³/mol. The van der Waals surface area contributed by atoms with Crippen molar-refractivity contribution in [3.8, 4) is 5.69 Å². The van der Waals surface area contributed by atoms with Gasteiger partial charge in [0.1, 0.15) is 11.6 Å². The number of thioether (sulfide) groups is 1. The van der Waals surface area contributed by atoms with Gasteiger partial charge in [-0.2, -0.15) is 0 Å². The average Bonchev–Trinajstić information content (AvgIpc) is 3.27. The lowest BCUT2D eigenvalue weighted by molar-refractivity contribution is -0.110. The van der Waals surface area contributed by atoms with Gasteiger partial charge in [0, 0.05) is 54.6 Å². The van der Waals surface area contributed by atoms with Crippen molar-refractivity contribution < 1.29 is 18.4 Å². The summed E-state index contributed by atoms with van der Waals surface area (Å²) in [5, 5.41) is 0.670. The van der Waals surface area contributed by atoms with Gasteiger partial charge in [-0.1, -0.05) is 0 Å². The molecule has 0 N–H and O–H groups in total. The third-order valence-corrected chi connectivity index (χ3v) is 7.00. The van der Waals surface area contributed by atoms with Crippen LogP contribution in [0.4, 0.5) is 13.6 Å². The topological polar surface area (TPSA) is 45.6 Å². The van der Waals surface area contributed by atoms with Crippen molar-refractivity contribution >= 4 is 33.0 Å². The average molecular weight is 456 g/mol. The van der Waals surface area contributed by atoms with Crippen LogP contribution in [-0.2, 0) is 17.8 Å². The first-order valence-electron chi connectivity index (χ1n) is 10.8. The minimum absolute atomic E-state index is 0.0802. The van der Waals surface area contributed by atoms with Crippen molar-refractivity contribution in [2.75, 3.05) is 26.2 Å². The van der Waals surface area contributed by atoms with Gasteiger partial charge in [-0.3, -0.25) is 14.5 Å². The maximum atomic E-state index is 14.1. The molecular formula is C24H23F2N3O2S. The lowest BCUT2D eigenvalue weighted by atomic mass is 10.0. The zero-order valence-corrected chi connectivity index (χ0v) is 18.3. The summed E-state index contributed by atoms with van der Waals surface area (Å²) in [6.07, 6.45) is 2.58. The molecule has 1 fully saturated rings. The van der Waals surface area contributed by atoms with E-state index in [4.69, 9.17) is 0 Å². The number of benzene rings is 2. The lowest BCUT2D eigenvalue weighted by Gasteiger charge is -2.28. The maximum absolute atomic E-state index is 14.1. The van der Waals surface area contributed by atoms with Crippen LogP contribution in [0.1, 0.15) is 24.1 Å². The molecule has 0 unspecified atom stereocenters. The fourth-order valence-corrected chi connectivity index (χ4v) is 5.39. The highest BCUT2D eigenvalue weighted by Gasteiger charge is 2.28. The highest BCUT2D eigenvalue weighted by molar-refractivity contribution is 8.26. The first-order chi connectivity index (χ1) is 15.5. The van der Waals surface area contributed by atoms with E-state index in [1.165, 1.54) is 18.2 Å². The molecule has 166 valence electrons. The number of carbonyl (C=O) groups excluding carboxylic acids is 2. The zero-order chi connectivity index (χ0) is 22.2. The third kappa shape index (κ3) is 4.04. The van der Waals surface area contributed by atoms with E-state index in [-0.39, 0.29) is 28.5 Å². The molecule has 1 amide bonds. The van der Waals surface area contributed by atoms with E-state index in [0.29, 0.717) is 6.54 Å². The second-order valence-electron chi connectivity index (χ2n) is 8.29. The Hall–Kier alpha value is -2.71. The Kier molecular flexibility index (Phi) is 5.73. The van der Waals surface area contributed by atoms with E-state index in [0.717, 1.165) is 78.5 Å². The standard InChI is InChI=1S/C24H23F2N3O2S/c25-16-3-6-18(7-4-16)29-21-8-5-17(26)13-19(21)20-14-27(12-9-22(20)29)10-1-2-11-28-15-23(30)32-24(28)31/h3-8,13H,1-2,9-12,14-15H2. The molecule has 3 aromatic rings. The summed E-state index contributed by atoms with van der Waals surface area (Å²) in [4.78, 5) is 27.0. The summed E-state index contributed by atoms with van der Waals surface area (Å²) >= 11 is 0.794. The molecule has 2 aromatic carbocycles. The molecule has 0 aliphatic carbocycles. The number of amides is 1. The van der Waals surface area contributed by atoms with Gasteiger partial charge in [0.15, 0.2) is 0 Å². The first-order valence-corrected chi connectivity index (χ1v) is 11.6. The van der Waals surface area contributed by atoms with E-state index in [2.05, 4.69) is 9.47 Å². The monoisotopic (exact) mass is 455 g/mol. The molecule has 0 bridgehead atoms. The second kappa shape index (κ2) is 8.67. The Morgan fingerprint density at radius 3 is 2.41 bits per heavy atom. The van der Waals surface area contributed by atoms with Gasteiger partial charge >= 0.3 is 0 Å². The molecule has 2 aliphatic heterocycles. The van der Waals surface area contributed by atoms with Crippen LogP contribution >= 0.6 is 11.8 Å². The van der Waals surface area contributed by atoms with E-state index in [1.807, 2.05) is 0 Å². The van der Waals surface area contributed by atoms with Gasteiger partial charge in [-0.15, -0.1) is 0 Å². The van der Waals surface area contributed by atoms with Crippen molar-refractivity contribution in [1.82, 2.24) is 14.4 Å². The summed E-state index contributed by atoms with van der Waals surface area (Å²) in [5.41, 5.74) is 4.07. The van der Waals surface area contributed by atoms with E-state index in [1.54, 1.807) is 29.2 Å². The molecule has 1 saturated heterocycles. The van der Waals surface area contributed by atoms with Crippen LogP contribution in [0.15, 0.2) is 42.5 Å². The van der Waals surface area contributed by atoms with Gasteiger partial charge in [0.2, 0.25) is 5.12 Å². The molecule has 1 aromatic heterocycles. The van der Waals surface area contributed by atoms with Crippen LogP contribution < -0.4 is 0 Å². The van der Waals surface area contributed by atoms with Crippen molar-refractivity contribution in [2.45, 2.75) is 25.8 Å². The minimum Gasteiger partial charge on any atom is -0.325 e. The highest BCUT2D eigenvalue weighted by atomic mass is 32.2. The Balaban J connectivity index is 1.33. The molecule has 5 nitrogen and oxygen atoms in total. The second-order valence-corrected chi connectivity index (χ2v) is 9.30. The minimum atomic E-state index is -0.283. The van der Waals surface area contributed by atoms with Crippen LogP contribution in [0.3, 0.4) is 0 Å². The van der Waals surface area contributed by atoms with Gasteiger partial charge in [0.05, 0.1) is 12.1 Å². The fraction of sp³-hybridized carbons (Fsp3) is 0.333. The number of fused-ring (bicyclic) bond motifs is 3. The quantitative estimate of drug-likeness (QED) is 0.504. The summed E-state index contributed by atoms with van der Waals surface area (Å²) < 4.78 is 29.7. The molecule has 0 radical (unpaired) electrons. The van der Waals surface area contributed by atoms with Crippen molar-refractivity contribution in [2.24, 2.45) is 0 Å². The van der Waals surface area contributed by atoms with Crippen LogP contribution in [-0.4, -0.2) is 50.9 Å². The Morgan fingerprint density at radius 1 is 0.906 bits per heavy atom. The van der Waals surface area contributed by atoms with Gasteiger partial charge in [-0.25, -0.2) is 8.78 Å². The Labute approximate surface area is 189 Å². The molecule has 3 heterocycles. The normalized spacial score (nSPS) is 16.9. The molecular weight excluding hydrogens is 432 g/mol. The smallest absolute Gasteiger partial charge is 0.289 e. The van der Waals surface area contributed by atoms with E-state index in [9.17, 15) is 18.4 Å². The summed E-state index contributed by atoms with van der Waals surface area (Å²) in [5.74, 6) is -0.550. The van der Waals surface area contributed by atoms with Crippen LogP contribution in [0.5, 0.6) is 0 Å². The summed E-state index contributed by atoms with van der Waals surface area (Å²) in [6, 6.07) is 11.3. The summed E-state index contributed by atoms with van der Waals surface area (Å²) in [7, 11) is 0. The van der Waals surface area contributed by atoms with Gasteiger partial charge in [-0.05, 0) is 67.4 Å². The van der Waals surface area contributed by atoms with Gasteiger partial charge in [0.25, 0.3) is 5.24 Å².